The second kappa shape index (κ2) is 5.20. The maximum Gasteiger partial charge on any atom is 0.244 e. The van der Waals surface area contributed by atoms with Crippen LogP contribution in [-0.2, 0) is 4.79 Å². The van der Waals surface area contributed by atoms with Crippen molar-refractivity contribution in [2.45, 2.75) is 32.7 Å². The fourth-order valence-corrected chi connectivity index (χ4v) is 2.16. The fourth-order valence-electron chi connectivity index (χ4n) is 2.16. The molecule has 0 saturated carbocycles. The summed E-state index contributed by atoms with van der Waals surface area (Å²) in [6.45, 7) is 5.33. The van der Waals surface area contributed by atoms with Gasteiger partial charge >= 0.3 is 0 Å². The summed E-state index contributed by atoms with van der Waals surface area (Å²) in [5.74, 6) is 1.71. The highest BCUT2D eigenvalue weighted by Crippen LogP contribution is 2.13. The number of nitrogen functional groups attached to an aromatic ring is 1. The van der Waals surface area contributed by atoms with Crippen molar-refractivity contribution < 1.29 is 4.79 Å². The molecule has 0 aromatic carbocycles. The van der Waals surface area contributed by atoms with E-state index >= 15 is 0 Å². The monoisotopic (exact) mass is 249 g/mol. The number of anilines is 2. The van der Waals surface area contributed by atoms with Crippen molar-refractivity contribution in [3.63, 3.8) is 0 Å². The molecule has 0 radical (unpaired) electrons. The van der Waals surface area contributed by atoms with Crippen molar-refractivity contribution in [2.75, 3.05) is 24.1 Å². The molecule has 2 heterocycles. The summed E-state index contributed by atoms with van der Waals surface area (Å²) in [4.78, 5) is 22.2. The molecule has 2 rings (SSSR count). The van der Waals surface area contributed by atoms with E-state index in [4.69, 9.17) is 5.73 Å². The Labute approximate surface area is 107 Å². The molecule has 0 bridgehead atoms. The highest BCUT2D eigenvalue weighted by Gasteiger charge is 2.23. The zero-order valence-electron chi connectivity index (χ0n) is 10.8. The predicted octanol–water partition coefficient (Wildman–Crippen LogP) is 0.790. The van der Waals surface area contributed by atoms with Crippen LogP contribution in [0.5, 0.6) is 0 Å². The maximum absolute atomic E-state index is 12.1. The van der Waals surface area contributed by atoms with E-state index in [1.807, 2.05) is 11.8 Å². The summed E-state index contributed by atoms with van der Waals surface area (Å²) >= 11 is 0. The van der Waals surface area contributed by atoms with Crippen LogP contribution in [0.4, 0.5) is 11.6 Å². The normalized spacial score (nSPS) is 16.7. The van der Waals surface area contributed by atoms with Gasteiger partial charge in [0.15, 0.2) is 0 Å². The van der Waals surface area contributed by atoms with Crippen molar-refractivity contribution in [3.8, 4) is 0 Å². The van der Waals surface area contributed by atoms with Crippen LogP contribution in [-0.4, -0.2) is 39.9 Å². The van der Waals surface area contributed by atoms with E-state index in [-0.39, 0.29) is 11.9 Å². The molecule has 3 N–H and O–H groups in total. The van der Waals surface area contributed by atoms with Gasteiger partial charge in [-0.25, -0.2) is 9.97 Å². The summed E-state index contributed by atoms with van der Waals surface area (Å²) in [5.41, 5.74) is 5.65. The average molecular weight is 249 g/mol. The van der Waals surface area contributed by atoms with E-state index in [1.165, 1.54) is 0 Å². The number of rotatable bonds is 3. The van der Waals surface area contributed by atoms with Gasteiger partial charge in [-0.1, -0.05) is 0 Å². The average Bonchev–Trinajstić information content (AvgIpc) is 2.79. The molecule has 6 nitrogen and oxygen atoms in total. The van der Waals surface area contributed by atoms with E-state index in [2.05, 4.69) is 15.3 Å². The lowest BCUT2D eigenvalue weighted by Crippen LogP contribution is -2.39. The minimum Gasteiger partial charge on any atom is -0.384 e. The SMILES string of the molecule is Cc1nc(N)cc(NC(C)C(=O)N2CCCC2)n1. The first-order valence-corrected chi connectivity index (χ1v) is 6.23. The van der Waals surface area contributed by atoms with Crippen LogP contribution in [0.15, 0.2) is 6.07 Å². The summed E-state index contributed by atoms with van der Waals surface area (Å²) in [6.07, 6.45) is 2.19. The topological polar surface area (TPSA) is 84.1 Å². The minimum absolute atomic E-state index is 0.113. The lowest BCUT2D eigenvalue weighted by Gasteiger charge is -2.21. The summed E-state index contributed by atoms with van der Waals surface area (Å²) in [6, 6.07) is 1.35. The molecule has 1 saturated heterocycles. The second-order valence-electron chi connectivity index (χ2n) is 4.62. The number of carbonyl (C=O) groups excluding carboxylic acids is 1. The zero-order chi connectivity index (χ0) is 13.1. The molecule has 18 heavy (non-hydrogen) atoms. The summed E-state index contributed by atoms with van der Waals surface area (Å²) < 4.78 is 0. The van der Waals surface area contributed by atoms with E-state index < -0.39 is 0 Å². The lowest BCUT2D eigenvalue weighted by atomic mass is 10.3. The van der Waals surface area contributed by atoms with Gasteiger partial charge in [0.05, 0.1) is 0 Å². The molecule has 0 aliphatic carbocycles. The Morgan fingerprint density at radius 1 is 1.44 bits per heavy atom. The molecular formula is C12H19N5O. The Balaban J connectivity index is 2.01. The Morgan fingerprint density at radius 3 is 2.72 bits per heavy atom. The first-order chi connectivity index (χ1) is 8.56. The molecule has 98 valence electrons. The number of nitrogens with one attached hydrogen (secondary N) is 1. The van der Waals surface area contributed by atoms with E-state index in [1.54, 1.807) is 13.0 Å². The van der Waals surface area contributed by atoms with Crippen LogP contribution in [0.2, 0.25) is 0 Å². The number of likely N-dealkylation sites (tertiary alicyclic amines) is 1. The van der Waals surface area contributed by atoms with E-state index in [0.29, 0.717) is 17.5 Å². The van der Waals surface area contributed by atoms with Gasteiger partial charge in [0.2, 0.25) is 5.91 Å². The smallest absolute Gasteiger partial charge is 0.244 e. The third kappa shape index (κ3) is 2.88. The molecule has 1 amide bonds. The second-order valence-corrected chi connectivity index (χ2v) is 4.62. The maximum atomic E-state index is 12.1. The molecule has 1 atom stereocenters. The molecule has 1 aliphatic heterocycles. The molecule has 1 aliphatic rings. The number of nitrogens with zero attached hydrogens (tertiary/aromatic N) is 3. The minimum atomic E-state index is -0.295. The lowest BCUT2D eigenvalue weighted by molar-refractivity contribution is -0.130. The Hall–Kier alpha value is -1.85. The fraction of sp³-hybridized carbons (Fsp3) is 0.583. The van der Waals surface area contributed by atoms with Gasteiger partial charge in [-0.3, -0.25) is 4.79 Å². The highest BCUT2D eigenvalue weighted by molar-refractivity contribution is 5.84. The van der Waals surface area contributed by atoms with Crippen LogP contribution in [0.3, 0.4) is 0 Å². The highest BCUT2D eigenvalue weighted by atomic mass is 16.2. The molecular weight excluding hydrogens is 230 g/mol. The standard InChI is InChI=1S/C12H19N5O/c1-8(12(18)17-5-3-4-6-17)14-11-7-10(13)15-9(2)16-11/h7-8H,3-6H2,1-2H3,(H3,13,14,15,16). The molecule has 6 heteroatoms. The van der Waals surface area contributed by atoms with Crippen molar-refractivity contribution in [1.82, 2.24) is 14.9 Å². The van der Waals surface area contributed by atoms with Crippen LogP contribution < -0.4 is 11.1 Å². The largest absolute Gasteiger partial charge is 0.384 e. The van der Waals surface area contributed by atoms with E-state index in [9.17, 15) is 4.79 Å². The van der Waals surface area contributed by atoms with Gasteiger partial charge in [-0.15, -0.1) is 0 Å². The Bertz CT molecular complexity index is 422. The summed E-state index contributed by atoms with van der Waals surface area (Å²) in [5, 5.41) is 3.08. The Morgan fingerprint density at radius 2 is 2.11 bits per heavy atom. The number of carbonyl (C=O) groups is 1. The van der Waals surface area contributed by atoms with Crippen molar-refractivity contribution in [3.05, 3.63) is 11.9 Å². The number of nitrogens with two attached hydrogens (primary N) is 1. The van der Waals surface area contributed by atoms with Crippen LogP contribution in [0, 0.1) is 6.92 Å². The molecule has 1 unspecified atom stereocenters. The number of hydrogen-bond donors (Lipinski definition) is 2. The van der Waals surface area contributed by atoms with Crippen molar-refractivity contribution in [2.24, 2.45) is 0 Å². The van der Waals surface area contributed by atoms with Crippen LogP contribution in [0.25, 0.3) is 0 Å². The molecule has 1 aromatic rings. The molecule has 1 fully saturated rings. The first-order valence-electron chi connectivity index (χ1n) is 6.23. The van der Waals surface area contributed by atoms with Crippen LogP contribution >= 0.6 is 0 Å². The predicted molar refractivity (Wildman–Crippen MR) is 70.1 cm³/mol. The van der Waals surface area contributed by atoms with Gasteiger partial charge < -0.3 is 16.0 Å². The van der Waals surface area contributed by atoms with Crippen molar-refractivity contribution in [1.29, 1.82) is 0 Å². The van der Waals surface area contributed by atoms with Gasteiger partial charge in [0.1, 0.15) is 23.5 Å². The molecule has 0 spiro atoms. The quantitative estimate of drug-likeness (QED) is 0.827. The van der Waals surface area contributed by atoms with Gasteiger partial charge in [-0.2, -0.15) is 0 Å². The van der Waals surface area contributed by atoms with Crippen molar-refractivity contribution >= 4 is 17.5 Å². The first kappa shape index (κ1) is 12.6. The van der Waals surface area contributed by atoms with Gasteiger partial charge in [0.25, 0.3) is 0 Å². The van der Waals surface area contributed by atoms with Gasteiger partial charge in [0, 0.05) is 19.2 Å². The number of amides is 1. The third-order valence-corrected chi connectivity index (χ3v) is 3.01. The van der Waals surface area contributed by atoms with Gasteiger partial charge in [-0.05, 0) is 26.7 Å². The summed E-state index contributed by atoms with van der Waals surface area (Å²) in [7, 11) is 0. The number of hydrogen-bond acceptors (Lipinski definition) is 5. The molecule has 1 aromatic heterocycles. The zero-order valence-corrected chi connectivity index (χ0v) is 10.8. The van der Waals surface area contributed by atoms with E-state index in [0.717, 1.165) is 25.9 Å². The van der Waals surface area contributed by atoms with Crippen LogP contribution in [0.1, 0.15) is 25.6 Å². The number of aromatic nitrogens is 2. The Kier molecular flexibility index (Phi) is 3.64. The third-order valence-electron chi connectivity index (χ3n) is 3.01. The number of aryl methyl sites for hydroxylation is 1.